The summed E-state index contributed by atoms with van der Waals surface area (Å²) < 4.78 is 11.4. The minimum Gasteiger partial charge on any atom is -0.494 e. The van der Waals surface area contributed by atoms with Crippen LogP contribution in [0.1, 0.15) is 46.5 Å². The van der Waals surface area contributed by atoms with Gasteiger partial charge in [-0.05, 0) is 66.4 Å². The molecule has 6 heteroatoms. The molecular weight excluding hydrogens is 404 g/mol. The van der Waals surface area contributed by atoms with Crippen LogP contribution < -0.4 is 20.3 Å². The smallest absolute Gasteiger partial charge is 0.269 e. The molecule has 0 aromatic heterocycles. The Kier molecular flexibility index (Phi) is 8.26. The van der Waals surface area contributed by atoms with Crippen LogP contribution in [-0.2, 0) is 6.61 Å². The monoisotopic (exact) mass is 432 g/mol. The number of ether oxygens (including phenoxy) is 2. The van der Waals surface area contributed by atoms with Gasteiger partial charge in [0.15, 0.2) is 0 Å². The molecule has 0 radical (unpaired) electrons. The first-order valence-electron chi connectivity index (χ1n) is 10.6. The number of benzene rings is 3. The van der Waals surface area contributed by atoms with E-state index in [1.165, 1.54) is 0 Å². The van der Waals surface area contributed by atoms with E-state index in [-0.39, 0.29) is 0 Å². The third-order valence-corrected chi connectivity index (χ3v) is 4.73. The highest BCUT2D eigenvalue weighted by molar-refractivity contribution is 5.99. The summed E-state index contributed by atoms with van der Waals surface area (Å²) in [5.41, 5.74) is 6.74. The van der Waals surface area contributed by atoms with Crippen LogP contribution in [0.4, 0.5) is 0 Å². The van der Waals surface area contributed by atoms with Crippen LogP contribution in [0.3, 0.4) is 0 Å². The van der Waals surface area contributed by atoms with Gasteiger partial charge in [-0.2, -0.15) is 0 Å². The Bertz CT molecular complexity index is 1000. The number of hydrazine groups is 1. The molecule has 6 nitrogen and oxygen atoms in total. The molecule has 0 saturated heterocycles. The highest BCUT2D eigenvalue weighted by Crippen LogP contribution is 2.15. The second-order valence-corrected chi connectivity index (χ2v) is 7.76. The van der Waals surface area contributed by atoms with Crippen molar-refractivity contribution < 1.29 is 19.1 Å². The van der Waals surface area contributed by atoms with E-state index in [2.05, 4.69) is 24.7 Å². The number of carbonyl (C=O) groups is 2. The second kappa shape index (κ2) is 11.6. The molecule has 3 aromatic carbocycles. The average Bonchev–Trinajstić information content (AvgIpc) is 2.82. The number of hydrogen-bond acceptors (Lipinski definition) is 4. The summed E-state index contributed by atoms with van der Waals surface area (Å²) in [6, 6.07) is 23.4. The Labute approximate surface area is 188 Å². The van der Waals surface area contributed by atoms with Gasteiger partial charge in [0.2, 0.25) is 0 Å². The summed E-state index contributed by atoms with van der Waals surface area (Å²) in [6.07, 6.45) is 0.967. The van der Waals surface area contributed by atoms with Crippen molar-refractivity contribution in [2.45, 2.75) is 26.9 Å². The van der Waals surface area contributed by atoms with Gasteiger partial charge in [0.1, 0.15) is 18.1 Å². The zero-order chi connectivity index (χ0) is 22.8. The van der Waals surface area contributed by atoms with Gasteiger partial charge in [-0.15, -0.1) is 0 Å². The van der Waals surface area contributed by atoms with E-state index in [1.807, 2.05) is 30.3 Å². The first-order valence-corrected chi connectivity index (χ1v) is 10.6. The first-order chi connectivity index (χ1) is 15.5. The van der Waals surface area contributed by atoms with E-state index in [0.29, 0.717) is 41.8 Å². The first kappa shape index (κ1) is 22.9. The SMILES string of the molecule is CC(C)CCOc1ccc(C(=O)NNC(=O)c2ccc(OCc3ccccc3)cc2)cc1. The third-order valence-electron chi connectivity index (χ3n) is 4.73. The molecule has 0 spiro atoms. The number of carbonyl (C=O) groups excluding carboxylic acids is 2. The van der Waals surface area contributed by atoms with E-state index in [9.17, 15) is 9.59 Å². The molecule has 3 aromatic rings. The molecule has 3 rings (SSSR count). The van der Waals surface area contributed by atoms with E-state index in [1.54, 1.807) is 48.5 Å². The molecule has 2 amide bonds. The Morgan fingerprint density at radius 2 is 1.22 bits per heavy atom. The van der Waals surface area contributed by atoms with Gasteiger partial charge in [0.25, 0.3) is 11.8 Å². The van der Waals surface area contributed by atoms with Gasteiger partial charge in [-0.1, -0.05) is 44.2 Å². The van der Waals surface area contributed by atoms with Crippen LogP contribution in [0.15, 0.2) is 78.9 Å². The highest BCUT2D eigenvalue weighted by Gasteiger charge is 2.10. The van der Waals surface area contributed by atoms with Crippen molar-refractivity contribution in [3.8, 4) is 11.5 Å². The number of amides is 2. The Morgan fingerprint density at radius 3 is 1.72 bits per heavy atom. The fourth-order valence-corrected chi connectivity index (χ4v) is 2.82. The normalized spacial score (nSPS) is 10.5. The molecule has 0 aliphatic heterocycles. The van der Waals surface area contributed by atoms with E-state index in [4.69, 9.17) is 9.47 Å². The van der Waals surface area contributed by atoms with Gasteiger partial charge in [0, 0.05) is 11.1 Å². The van der Waals surface area contributed by atoms with Crippen LogP contribution in [0.5, 0.6) is 11.5 Å². The molecule has 0 heterocycles. The third kappa shape index (κ3) is 7.16. The predicted octanol–water partition coefficient (Wildman–Crippen LogP) is 4.77. The summed E-state index contributed by atoms with van der Waals surface area (Å²) in [5, 5.41) is 0. The molecule has 0 aliphatic rings. The van der Waals surface area contributed by atoms with E-state index >= 15 is 0 Å². The topological polar surface area (TPSA) is 76.7 Å². The van der Waals surface area contributed by atoms with Crippen molar-refractivity contribution in [1.82, 2.24) is 10.9 Å². The minimum absolute atomic E-state index is 0.408. The van der Waals surface area contributed by atoms with E-state index < -0.39 is 11.8 Å². The molecule has 0 bridgehead atoms. The van der Waals surface area contributed by atoms with Gasteiger partial charge in [0.05, 0.1) is 6.61 Å². The van der Waals surface area contributed by atoms with Gasteiger partial charge in [-0.25, -0.2) is 0 Å². The lowest BCUT2D eigenvalue weighted by Crippen LogP contribution is -2.41. The zero-order valence-electron chi connectivity index (χ0n) is 18.3. The van der Waals surface area contributed by atoms with Gasteiger partial charge < -0.3 is 9.47 Å². The Balaban J connectivity index is 1.44. The molecule has 0 aliphatic carbocycles. The largest absolute Gasteiger partial charge is 0.494 e. The number of nitrogens with one attached hydrogen (secondary N) is 2. The lowest BCUT2D eigenvalue weighted by Gasteiger charge is -2.10. The molecule has 0 fully saturated rings. The maximum Gasteiger partial charge on any atom is 0.269 e. The van der Waals surface area contributed by atoms with Crippen molar-refractivity contribution in [2.75, 3.05) is 6.61 Å². The maximum atomic E-state index is 12.3. The summed E-state index contributed by atoms with van der Waals surface area (Å²) in [7, 11) is 0. The second-order valence-electron chi connectivity index (χ2n) is 7.76. The van der Waals surface area contributed by atoms with Crippen molar-refractivity contribution in [1.29, 1.82) is 0 Å². The molecular formula is C26H28N2O4. The fourth-order valence-electron chi connectivity index (χ4n) is 2.82. The van der Waals surface area contributed by atoms with Crippen molar-refractivity contribution in [3.63, 3.8) is 0 Å². The zero-order valence-corrected chi connectivity index (χ0v) is 18.3. The minimum atomic E-state index is -0.415. The maximum absolute atomic E-state index is 12.3. The lowest BCUT2D eigenvalue weighted by molar-refractivity contribution is 0.0846. The van der Waals surface area contributed by atoms with Crippen LogP contribution >= 0.6 is 0 Å². The standard InChI is InChI=1S/C26H28N2O4/c1-19(2)16-17-31-23-12-8-21(9-13-23)25(29)27-28-26(30)22-10-14-24(15-11-22)32-18-20-6-4-3-5-7-20/h3-15,19H,16-18H2,1-2H3,(H,27,29)(H,28,30). The predicted molar refractivity (Wildman–Crippen MR) is 124 cm³/mol. The summed E-state index contributed by atoms with van der Waals surface area (Å²) in [6.45, 7) is 5.36. The van der Waals surface area contributed by atoms with E-state index in [0.717, 1.165) is 12.0 Å². The number of rotatable bonds is 9. The van der Waals surface area contributed by atoms with Gasteiger partial charge in [-0.3, -0.25) is 20.4 Å². The fraction of sp³-hybridized carbons (Fsp3) is 0.231. The average molecular weight is 433 g/mol. The van der Waals surface area contributed by atoms with Crippen LogP contribution in [0.25, 0.3) is 0 Å². The Morgan fingerprint density at radius 1 is 0.719 bits per heavy atom. The highest BCUT2D eigenvalue weighted by atomic mass is 16.5. The Hall–Kier alpha value is -3.80. The molecule has 166 valence electrons. The van der Waals surface area contributed by atoms with Crippen molar-refractivity contribution in [3.05, 3.63) is 95.6 Å². The van der Waals surface area contributed by atoms with Crippen LogP contribution in [0.2, 0.25) is 0 Å². The molecule has 2 N–H and O–H groups in total. The molecule has 0 unspecified atom stereocenters. The summed E-state index contributed by atoms with van der Waals surface area (Å²) in [4.78, 5) is 24.6. The van der Waals surface area contributed by atoms with Gasteiger partial charge >= 0.3 is 0 Å². The quantitative estimate of drug-likeness (QED) is 0.478. The molecule has 0 saturated carbocycles. The van der Waals surface area contributed by atoms with Crippen molar-refractivity contribution >= 4 is 11.8 Å². The molecule has 0 atom stereocenters. The van der Waals surface area contributed by atoms with Crippen LogP contribution in [-0.4, -0.2) is 18.4 Å². The summed E-state index contributed by atoms with van der Waals surface area (Å²) in [5.74, 6) is 1.11. The lowest BCUT2D eigenvalue weighted by atomic mass is 10.1. The summed E-state index contributed by atoms with van der Waals surface area (Å²) >= 11 is 0. The number of hydrogen-bond donors (Lipinski definition) is 2. The van der Waals surface area contributed by atoms with Crippen LogP contribution in [0, 0.1) is 5.92 Å². The molecule has 32 heavy (non-hydrogen) atoms. The van der Waals surface area contributed by atoms with Crippen molar-refractivity contribution in [2.24, 2.45) is 5.92 Å².